The molecule has 0 saturated heterocycles. The Hall–Kier alpha value is -0.561. The predicted octanol–water partition coefficient (Wildman–Crippen LogP) is 1.18. The molecule has 1 aromatic carbocycles. The summed E-state index contributed by atoms with van der Waals surface area (Å²) in [5, 5.41) is 0. The molecule has 0 aliphatic rings. The summed E-state index contributed by atoms with van der Waals surface area (Å²) in [6.07, 6.45) is 2.06. The van der Waals surface area contributed by atoms with Crippen LogP contribution >= 0.6 is 0 Å². The van der Waals surface area contributed by atoms with Crippen LogP contribution < -0.4 is 4.46 Å². The molecule has 0 heterocycles. The number of rotatable bonds is 4. The van der Waals surface area contributed by atoms with E-state index in [1.807, 2.05) is 6.07 Å². The van der Waals surface area contributed by atoms with E-state index in [9.17, 15) is 0 Å². The fourth-order valence-electron chi connectivity index (χ4n) is 0.761. The zero-order valence-corrected chi connectivity index (χ0v) is 8.78. The summed E-state index contributed by atoms with van der Waals surface area (Å²) in [4.78, 5) is 2.19. The van der Waals surface area contributed by atoms with Crippen LogP contribution in [0.2, 0.25) is 0 Å². The van der Waals surface area contributed by atoms with E-state index in [2.05, 4.69) is 35.3 Å². The van der Waals surface area contributed by atoms with E-state index in [1.165, 1.54) is 4.46 Å². The summed E-state index contributed by atoms with van der Waals surface area (Å²) in [7, 11) is 1.71. The van der Waals surface area contributed by atoms with Gasteiger partial charge in [0.25, 0.3) is 0 Å². The van der Waals surface area contributed by atoms with E-state index in [0.29, 0.717) is 21.6 Å². The Labute approximate surface area is 79.6 Å². The van der Waals surface area contributed by atoms with Crippen molar-refractivity contribution in [2.24, 2.45) is 0 Å². The predicted molar refractivity (Wildman–Crippen MR) is 52.8 cm³/mol. The molecule has 0 fully saturated rings. The number of ether oxygens (including phenoxy) is 1. The van der Waals surface area contributed by atoms with E-state index in [0.717, 1.165) is 0 Å². The summed E-state index contributed by atoms with van der Waals surface area (Å²) in [6.45, 7) is 0.717. The minimum absolute atomic E-state index is 0.458. The SMILES string of the molecule is COC/C=C\[Se]c1ccccc1. The number of hydrogen-bond acceptors (Lipinski definition) is 1. The Bertz CT molecular complexity index is 231. The third-order valence-electron chi connectivity index (χ3n) is 1.31. The van der Waals surface area contributed by atoms with E-state index >= 15 is 0 Å². The first kappa shape index (κ1) is 9.53. The molecule has 1 rings (SSSR count). The van der Waals surface area contributed by atoms with Gasteiger partial charge in [-0.3, -0.25) is 0 Å². The van der Waals surface area contributed by atoms with Gasteiger partial charge in [-0.15, -0.1) is 0 Å². The van der Waals surface area contributed by atoms with Crippen LogP contribution in [-0.4, -0.2) is 28.7 Å². The standard InChI is InChI=1S/C10H12OSe/c1-11-8-5-9-12-10-6-3-2-4-7-10/h2-7,9H,8H2,1H3/b9-5-. The molecule has 0 aliphatic carbocycles. The molecule has 64 valence electrons. The van der Waals surface area contributed by atoms with Crippen molar-refractivity contribution in [2.75, 3.05) is 13.7 Å². The second kappa shape index (κ2) is 6.01. The maximum absolute atomic E-state index is 4.90. The average molecular weight is 227 g/mol. The summed E-state index contributed by atoms with van der Waals surface area (Å²) in [6, 6.07) is 10.5. The van der Waals surface area contributed by atoms with Crippen molar-refractivity contribution in [1.82, 2.24) is 0 Å². The Morgan fingerprint density at radius 3 is 2.75 bits per heavy atom. The van der Waals surface area contributed by atoms with Crippen LogP contribution in [0.1, 0.15) is 0 Å². The molecule has 0 spiro atoms. The number of methoxy groups -OCH3 is 1. The van der Waals surface area contributed by atoms with Gasteiger partial charge in [0.2, 0.25) is 0 Å². The van der Waals surface area contributed by atoms with Crippen LogP contribution in [0, 0.1) is 0 Å². The van der Waals surface area contributed by atoms with E-state index < -0.39 is 0 Å². The first-order valence-corrected chi connectivity index (χ1v) is 5.63. The van der Waals surface area contributed by atoms with Crippen molar-refractivity contribution < 1.29 is 4.74 Å². The normalized spacial score (nSPS) is 10.8. The summed E-state index contributed by atoms with van der Waals surface area (Å²) in [5.41, 5.74) is 0. The molecule has 0 bridgehead atoms. The molecule has 12 heavy (non-hydrogen) atoms. The summed E-state index contributed by atoms with van der Waals surface area (Å²) in [5.74, 6) is 0. The zero-order valence-electron chi connectivity index (χ0n) is 7.07. The van der Waals surface area contributed by atoms with Gasteiger partial charge in [0, 0.05) is 0 Å². The van der Waals surface area contributed by atoms with Crippen molar-refractivity contribution in [3.8, 4) is 0 Å². The van der Waals surface area contributed by atoms with Crippen LogP contribution in [-0.2, 0) is 4.74 Å². The molecule has 1 aromatic rings. The quantitative estimate of drug-likeness (QED) is 0.702. The Morgan fingerprint density at radius 2 is 2.08 bits per heavy atom. The average Bonchev–Trinajstić information content (AvgIpc) is 2.14. The van der Waals surface area contributed by atoms with Gasteiger partial charge >= 0.3 is 79.3 Å². The first-order chi connectivity index (χ1) is 5.93. The third-order valence-corrected chi connectivity index (χ3v) is 3.14. The Kier molecular flexibility index (Phi) is 4.77. The maximum atomic E-state index is 4.90. The Morgan fingerprint density at radius 1 is 1.33 bits per heavy atom. The molecule has 2 heteroatoms. The number of benzene rings is 1. The molecular formula is C10H12OSe. The van der Waals surface area contributed by atoms with Crippen LogP contribution in [0.15, 0.2) is 41.4 Å². The van der Waals surface area contributed by atoms with Crippen molar-refractivity contribution in [1.29, 1.82) is 0 Å². The molecule has 0 unspecified atom stereocenters. The first-order valence-electron chi connectivity index (χ1n) is 3.79. The van der Waals surface area contributed by atoms with Crippen LogP contribution in [0.4, 0.5) is 0 Å². The third kappa shape index (κ3) is 3.72. The molecule has 0 atom stereocenters. The van der Waals surface area contributed by atoms with Gasteiger partial charge in [-0.25, -0.2) is 0 Å². The van der Waals surface area contributed by atoms with E-state index in [-0.39, 0.29) is 0 Å². The van der Waals surface area contributed by atoms with Crippen molar-refractivity contribution >= 4 is 19.4 Å². The van der Waals surface area contributed by atoms with Gasteiger partial charge in [0.15, 0.2) is 0 Å². The summed E-state index contributed by atoms with van der Waals surface area (Å²) < 4.78 is 6.30. The van der Waals surface area contributed by atoms with Crippen molar-refractivity contribution in [3.05, 3.63) is 41.4 Å². The molecule has 0 N–H and O–H groups in total. The van der Waals surface area contributed by atoms with Crippen molar-refractivity contribution in [3.63, 3.8) is 0 Å². The second-order valence-electron chi connectivity index (χ2n) is 2.26. The molecule has 0 saturated carbocycles. The van der Waals surface area contributed by atoms with Crippen LogP contribution in [0.25, 0.3) is 0 Å². The van der Waals surface area contributed by atoms with E-state index in [1.54, 1.807) is 7.11 Å². The molecule has 0 amide bonds. The summed E-state index contributed by atoms with van der Waals surface area (Å²) >= 11 is 0.458. The van der Waals surface area contributed by atoms with Gasteiger partial charge in [0.05, 0.1) is 0 Å². The number of hydrogen-bond donors (Lipinski definition) is 0. The van der Waals surface area contributed by atoms with Crippen LogP contribution in [0.5, 0.6) is 0 Å². The zero-order chi connectivity index (χ0) is 8.65. The second-order valence-corrected chi connectivity index (χ2v) is 4.31. The van der Waals surface area contributed by atoms with Crippen molar-refractivity contribution in [2.45, 2.75) is 0 Å². The monoisotopic (exact) mass is 228 g/mol. The Balaban J connectivity index is 2.33. The van der Waals surface area contributed by atoms with Gasteiger partial charge in [-0.1, -0.05) is 0 Å². The van der Waals surface area contributed by atoms with E-state index in [4.69, 9.17) is 4.74 Å². The van der Waals surface area contributed by atoms with Gasteiger partial charge in [0.1, 0.15) is 0 Å². The molecule has 0 radical (unpaired) electrons. The minimum atomic E-state index is 0.458. The topological polar surface area (TPSA) is 9.23 Å². The van der Waals surface area contributed by atoms with Gasteiger partial charge in [-0.2, -0.15) is 0 Å². The fourth-order valence-corrected chi connectivity index (χ4v) is 2.12. The van der Waals surface area contributed by atoms with Gasteiger partial charge < -0.3 is 0 Å². The molecule has 0 aliphatic heterocycles. The van der Waals surface area contributed by atoms with Crippen LogP contribution in [0.3, 0.4) is 0 Å². The molecule has 1 nitrogen and oxygen atoms in total. The molecule has 0 aromatic heterocycles. The fraction of sp³-hybridized carbons (Fsp3) is 0.200. The van der Waals surface area contributed by atoms with Gasteiger partial charge in [-0.05, 0) is 0 Å². The molecular weight excluding hydrogens is 215 g/mol.